The molecule has 237 valence electrons. The van der Waals surface area contributed by atoms with E-state index in [1.54, 1.807) is 13.8 Å². The minimum absolute atomic E-state index is 0. The van der Waals surface area contributed by atoms with Crippen LogP contribution in [-0.2, 0) is 56.6 Å². The van der Waals surface area contributed by atoms with E-state index in [9.17, 15) is 33.9 Å². The number of aromatic carboxylic acids is 2. The second-order valence-corrected chi connectivity index (χ2v) is 9.27. The van der Waals surface area contributed by atoms with Gasteiger partial charge in [0.1, 0.15) is 0 Å². The monoisotopic (exact) mass is 676 g/mol. The molecular weight excluding hydrogens is 633 g/mol. The minimum atomic E-state index is -2.63. The number of hydrogen-bond acceptors (Lipinski definition) is 9. The first kappa shape index (κ1) is 46.1. The molecule has 1 unspecified atom stereocenters. The van der Waals surface area contributed by atoms with E-state index in [-0.39, 0.29) is 61.9 Å². The molecule has 0 amide bonds. The van der Waals surface area contributed by atoms with Crippen molar-refractivity contribution in [2.24, 2.45) is 5.92 Å². The molecule has 0 heterocycles. The first-order chi connectivity index (χ1) is 18.8. The Morgan fingerprint density at radius 3 is 1.67 bits per heavy atom. The number of carboxylic acid groups (broad SMARTS) is 4. The molecule has 0 aliphatic carbocycles. The molecule has 0 aliphatic rings. The van der Waals surface area contributed by atoms with Crippen LogP contribution < -0.4 is 0 Å². The van der Waals surface area contributed by atoms with Gasteiger partial charge in [-0.05, 0) is 38.0 Å². The van der Waals surface area contributed by atoms with Gasteiger partial charge in [0, 0.05) is 32.7 Å². The number of aliphatic carboxylic acids is 2. The number of rotatable bonds is 11. The van der Waals surface area contributed by atoms with Gasteiger partial charge in [0.25, 0.3) is 0 Å². The van der Waals surface area contributed by atoms with Gasteiger partial charge in [0.15, 0.2) is 5.60 Å². The van der Waals surface area contributed by atoms with E-state index in [4.69, 9.17) is 25.2 Å². The summed E-state index contributed by atoms with van der Waals surface area (Å²) in [5, 5.41) is 44.3. The number of hydrogen-bond donors (Lipinski definition) is 5. The van der Waals surface area contributed by atoms with E-state index in [2.05, 4.69) is 18.6 Å². The van der Waals surface area contributed by atoms with E-state index in [0.29, 0.717) is 0 Å². The van der Waals surface area contributed by atoms with Crippen LogP contribution in [0.3, 0.4) is 0 Å². The van der Waals surface area contributed by atoms with Crippen LogP contribution >= 0.6 is 0 Å². The third-order valence-electron chi connectivity index (χ3n) is 3.91. The Bertz CT molecular complexity index is 1000. The predicted octanol–water partition coefficient (Wildman–Crippen LogP) is 4.16. The number of carbonyl (C=O) groups is 6. The molecule has 0 bridgehead atoms. The second kappa shape index (κ2) is 24.7. The number of benzene rings is 1. The smallest absolute Gasteiger partial charge is 0.339 e. The fourth-order valence-electron chi connectivity index (χ4n) is 2.36. The van der Waals surface area contributed by atoms with Gasteiger partial charge in [-0.3, -0.25) is 9.59 Å². The van der Waals surface area contributed by atoms with Crippen molar-refractivity contribution < 1.29 is 96.5 Å². The molecule has 0 aromatic heterocycles. The molecule has 0 saturated carbocycles. The molecule has 1 atom stereocenters. The Labute approximate surface area is 271 Å². The summed E-state index contributed by atoms with van der Waals surface area (Å²) >= 11 is 0. The van der Waals surface area contributed by atoms with Crippen molar-refractivity contribution in [3.05, 3.63) is 41.3 Å². The summed E-state index contributed by atoms with van der Waals surface area (Å²) in [6.07, 6.45) is 0.831. The fraction of sp³-hybridized carbons (Fsp3) is 0.536. The van der Waals surface area contributed by atoms with Crippen LogP contribution in [0, 0.1) is 12.3 Å². The molecule has 0 spiro atoms. The van der Waals surface area contributed by atoms with Crippen molar-refractivity contribution in [3.8, 4) is 0 Å². The van der Waals surface area contributed by atoms with Gasteiger partial charge in [-0.1, -0.05) is 34.1 Å². The Balaban J connectivity index is -0.000000286. The molecular formula is C28H43O13Y-. The van der Waals surface area contributed by atoms with Crippen LogP contribution in [-0.4, -0.2) is 79.7 Å². The van der Waals surface area contributed by atoms with Gasteiger partial charge < -0.3 is 41.4 Å². The van der Waals surface area contributed by atoms with Gasteiger partial charge >= 0.3 is 35.8 Å². The number of carboxylic acids is 4. The van der Waals surface area contributed by atoms with Gasteiger partial charge in [-0.2, -0.15) is 13.8 Å². The Hall–Kier alpha value is -2.90. The van der Waals surface area contributed by atoms with Crippen LogP contribution in [0.2, 0.25) is 0 Å². The fourth-order valence-corrected chi connectivity index (χ4v) is 2.36. The van der Waals surface area contributed by atoms with Crippen LogP contribution in [0.15, 0.2) is 18.2 Å². The van der Waals surface area contributed by atoms with Crippen LogP contribution in [0.25, 0.3) is 0 Å². The van der Waals surface area contributed by atoms with Crippen LogP contribution in [0.5, 0.6) is 0 Å². The zero-order valence-corrected chi connectivity index (χ0v) is 28.2. The van der Waals surface area contributed by atoms with Crippen molar-refractivity contribution >= 4 is 35.8 Å². The summed E-state index contributed by atoms with van der Waals surface area (Å²) in [6, 6.07) is 3.26. The summed E-state index contributed by atoms with van der Waals surface area (Å²) in [7, 11) is 0. The third kappa shape index (κ3) is 21.8. The number of aliphatic hydroxyl groups is 1. The van der Waals surface area contributed by atoms with Crippen LogP contribution in [0.4, 0.5) is 0 Å². The minimum Gasteiger partial charge on any atom is -0.481 e. The van der Waals surface area contributed by atoms with E-state index < -0.39 is 60.4 Å². The first-order valence-electron chi connectivity index (χ1n) is 12.7. The topological polar surface area (TPSA) is 222 Å². The van der Waals surface area contributed by atoms with E-state index >= 15 is 0 Å². The van der Waals surface area contributed by atoms with Gasteiger partial charge in [0.2, 0.25) is 0 Å². The Morgan fingerprint density at radius 1 is 0.857 bits per heavy atom. The molecule has 0 aliphatic heterocycles. The molecule has 5 N–H and O–H groups in total. The molecule has 0 saturated heterocycles. The predicted molar refractivity (Wildman–Crippen MR) is 148 cm³/mol. The Kier molecular flexibility index (Phi) is 27.1. The molecule has 0 fully saturated rings. The normalized spacial score (nSPS) is 10.9. The van der Waals surface area contributed by atoms with Crippen molar-refractivity contribution in [3.63, 3.8) is 0 Å². The SMILES string of the molecule is CC(C)COC(=O)c1ccc(C(=O)O)cc1C(=O)O.CC(C)OC(=O)CC(O)(CC(=O)O)C(=O)O.CCC.C[CH-]C.[Y]. The summed E-state index contributed by atoms with van der Waals surface area (Å²) in [5.41, 5.74) is -3.36. The van der Waals surface area contributed by atoms with Crippen LogP contribution in [0.1, 0.15) is 106 Å². The van der Waals surface area contributed by atoms with Crippen molar-refractivity contribution in [2.75, 3.05) is 6.61 Å². The van der Waals surface area contributed by atoms with Crippen molar-refractivity contribution in [1.29, 1.82) is 0 Å². The summed E-state index contributed by atoms with van der Waals surface area (Å²) in [5.74, 6) is -7.53. The molecule has 1 radical (unpaired) electrons. The van der Waals surface area contributed by atoms with E-state index in [0.717, 1.165) is 12.1 Å². The first-order valence-corrected chi connectivity index (χ1v) is 12.7. The summed E-state index contributed by atoms with van der Waals surface area (Å²) in [6.45, 7) is 15.2. The summed E-state index contributed by atoms with van der Waals surface area (Å²) < 4.78 is 9.55. The molecule has 1 aromatic carbocycles. The standard InChI is InChI=1S/C13H14O6.C9H14O7.C3H8.C3H7.Y/c1-7(2)6-19-13(18)9-4-3-8(11(14)15)5-10(9)12(16)17;1-5(2)16-7(12)4-9(15,8(13)14)3-6(10)11;2*1-3-2;/h3-5,7H,6H2,1-2H3,(H,14,15)(H,16,17);5,15H,3-4H2,1-2H3,(H,10,11)(H,13,14);3H2,1-2H3;3H,1-2H3;/q;;;-1;. The second-order valence-electron chi connectivity index (χ2n) is 9.27. The molecule has 1 rings (SSSR count). The third-order valence-corrected chi connectivity index (χ3v) is 3.91. The average molecular weight is 677 g/mol. The molecule has 13 nitrogen and oxygen atoms in total. The Morgan fingerprint density at radius 2 is 1.33 bits per heavy atom. The van der Waals surface area contributed by atoms with Crippen molar-refractivity contribution in [1.82, 2.24) is 0 Å². The van der Waals surface area contributed by atoms with E-state index in [1.165, 1.54) is 12.5 Å². The number of carbonyl (C=O) groups excluding carboxylic acids is 2. The van der Waals surface area contributed by atoms with Gasteiger partial charge in [-0.15, -0.1) is 0 Å². The maximum absolute atomic E-state index is 11.7. The average Bonchev–Trinajstić information content (AvgIpc) is 2.82. The zero-order chi connectivity index (χ0) is 32.9. The van der Waals surface area contributed by atoms with E-state index in [1.807, 2.05) is 34.1 Å². The maximum atomic E-state index is 11.7. The largest absolute Gasteiger partial charge is 0.481 e. The zero-order valence-electron chi connectivity index (χ0n) is 25.4. The molecule has 1 aromatic rings. The summed E-state index contributed by atoms with van der Waals surface area (Å²) in [4.78, 5) is 65.6. The van der Waals surface area contributed by atoms with Crippen molar-refractivity contribution in [2.45, 2.75) is 86.4 Å². The quantitative estimate of drug-likeness (QED) is 0.164. The molecule has 42 heavy (non-hydrogen) atoms. The maximum Gasteiger partial charge on any atom is 0.339 e. The molecule has 14 heteroatoms. The van der Waals surface area contributed by atoms with Gasteiger partial charge in [-0.25, -0.2) is 19.2 Å². The number of esters is 2. The number of ether oxygens (including phenoxy) is 2. The van der Waals surface area contributed by atoms with Gasteiger partial charge in [0.05, 0.1) is 42.2 Å².